The van der Waals surface area contributed by atoms with Gasteiger partial charge in [-0.3, -0.25) is 5.10 Å². The van der Waals surface area contributed by atoms with Gasteiger partial charge >= 0.3 is 0 Å². The topological polar surface area (TPSA) is 57.9 Å². The van der Waals surface area contributed by atoms with Gasteiger partial charge in [0.05, 0.1) is 0 Å². The Hall–Kier alpha value is -1.03. The summed E-state index contributed by atoms with van der Waals surface area (Å²) >= 11 is 0. The number of hydrogen-bond donors (Lipinski definition) is 2. The third-order valence-electron chi connectivity index (χ3n) is 3.28. The Morgan fingerprint density at radius 3 is 3.13 bits per heavy atom. The fourth-order valence-corrected chi connectivity index (χ4v) is 1.96. The van der Waals surface area contributed by atoms with Crippen molar-refractivity contribution >= 4 is 5.82 Å². The van der Waals surface area contributed by atoms with Crippen LogP contribution in [0.25, 0.3) is 0 Å². The molecule has 1 aromatic rings. The van der Waals surface area contributed by atoms with Crippen molar-refractivity contribution in [2.75, 3.05) is 18.0 Å². The van der Waals surface area contributed by atoms with Crippen molar-refractivity contribution in [3.8, 4) is 0 Å². The number of H-pyrrole nitrogens is 1. The van der Waals surface area contributed by atoms with Gasteiger partial charge < -0.3 is 10.6 Å². The minimum atomic E-state index is 0.314. The van der Waals surface area contributed by atoms with Crippen molar-refractivity contribution in [1.29, 1.82) is 0 Å². The third kappa shape index (κ3) is 2.15. The SMILES string of the molecule is CCC(C)c1cc(N2CCC(N)C2)n[nH]1. The van der Waals surface area contributed by atoms with Gasteiger partial charge in [-0.1, -0.05) is 13.8 Å². The first-order valence-electron chi connectivity index (χ1n) is 5.76. The standard InChI is InChI=1S/C11H20N4/c1-3-8(2)10-6-11(14-13-10)15-5-4-9(12)7-15/h6,8-9H,3-5,7,12H2,1-2H3,(H,13,14). The molecule has 4 heteroatoms. The predicted molar refractivity (Wildman–Crippen MR) is 62.1 cm³/mol. The Labute approximate surface area is 90.8 Å². The number of rotatable bonds is 3. The van der Waals surface area contributed by atoms with Crippen LogP contribution in [0.4, 0.5) is 5.82 Å². The lowest BCUT2D eigenvalue weighted by molar-refractivity contribution is 0.703. The smallest absolute Gasteiger partial charge is 0.150 e. The van der Waals surface area contributed by atoms with Gasteiger partial charge in [-0.25, -0.2) is 0 Å². The van der Waals surface area contributed by atoms with E-state index in [4.69, 9.17) is 5.73 Å². The molecule has 0 aromatic carbocycles. The molecule has 2 rings (SSSR count). The summed E-state index contributed by atoms with van der Waals surface area (Å²) < 4.78 is 0. The number of aromatic amines is 1. The summed E-state index contributed by atoms with van der Waals surface area (Å²) in [4.78, 5) is 2.26. The van der Waals surface area contributed by atoms with Crippen LogP contribution >= 0.6 is 0 Å². The van der Waals surface area contributed by atoms with Gasteiger partial charge in [0.1, 0.15) is 0 Å². The second-order valence-corrected chi connectivity index (χ2v) is 4.49. The van der Waals surface area contributed by atoms with Crippen molar-refractivity contribution in [1.82, 2.24) is 10.2 Å². The normalized spacial score (nSPS) is 23.4. The largest absolute Gasteiger partial charge is 0.354 e. The summed E-state index contributed by atoms with van der Waals surface area (Å²) in [6, 6.07) is 2.47. The lowest BCUT2D eigenvalue weighted by Gasteiger charge is -2.13. The quantitative estimate of drug-likeness (QED) is 0.790. The fraction of sp³-hybridized carbons (Fsp3) is 0.727. The first-order valence-corrected chi connectivity index (χ1v) is 5.76. The number of nitrogens with two attached hydrogens (primary N) is 1. The van der Waals surface area contributed by atoms with Gasteiger partial charge in [0.25, 0.3) is 0 Å². The van der Waals surface area contributed by atoms with E-state index in [9.17, 15) is 0 Å². The minimum Gasteiger partial charge on any atom is -0.354 e. The summed E-state index contributed by atoms with van der Waals surface area (Å²) in [6.45, 7) is 6.38. The molecule has 4 nitrogen and oxygen atoms in total. The number of nitrogens with zero attached hydrogens (tertiary/aromatic N) is 2. The van der Waals surface area contributed by atoms with Crippen LogP contribution < -0.4 is 10.6 Å². The maximum Gasteiger partial charge on any atom is 0.150 e. The molecule has 1 fully saturated rings. The first-order chi connectivity index (χ1) is 7.20. The summed E-state index contributed by atoms with van der Waals surface area (Å²) in [6.07, 6.45) is 2.21. The Morgan fingerprint density at radius 2 is 2.53 bits per heavy atom. The van der Waals surface area contributed by atoms with Gasteiger partial charge in [0.2, 0.25) is 0 Å². The molecule has 3 N–H and O–H groups in total. The van der Waals surface area contributed by atoms with Gasteiger partial charge in [-0.15, -0.1) is 0 Å². The minimum absolute atomic E-state index is 0.314. The van der Waals surface area contributed by atoms with E-state index in [1.807, 2.05) is 0 Å². The van der Waals surface area contributed by atoms with Crippen molar-refractivity contribution in [2.24, 2.45) is 5.73 Å². The molecule has 0 spiro atoms. The Morgan fingerprint density at radius 1 is 1.73 bits per heavy atom. The molecule has 0 aliphatic carbocycles. The van der Waals surface area contributed by atoms with Crippen molar-refractivity contribution < 1.29 is 0 Å². The van der Waals surface area contributed by atoms with Crippen molar-refractivity contribution in [2.45, 2.75) is 38.6 Å². The highest BCUT2D eigenvalue weighted by Gasteiger charge is 2.21. The summed E-state index contributed by atoms with van der Waals surface area (Å²) in [7, 11) is 0. The zero-order chi connectivity index (χ0) is 10.8. The van der Waals surface area contributed by atoms with E-state index in [1.165, 1.54) is 5.69 Å². The molecule has 0 saturated carbocycles. The van der Waals surface area contributed by atoms with Crippen LogP contribution in [-0.4, -0.2) is 29.3 Å². The molecular formula is C11H20N4. The summed E-state index contributed by atoms with van der Waals surface area (Å²) in [5.41, 5.74) is 7.11. The molecule has 0 bridgehead atoms. The van der Waals surface area contributed by atoms with Crippen LogP contribution in [-0.2, 0) is 0 Å². The molecule has 1 aromatic heterocycles. The monoisotopic (exact) mass is 208 g/mol. The molecule has 0 amide bonds. The predicted octanol–water partition coefficient (Wildman–Crippen LogP) is 1.46. The molecule has 0 radical (unpaired) electrons. The molecule has 2 atom stereocenters. The average molecular weight is 208 g/mol. The maximum absolute atomic E-state index is 5.88. The summed E-state index contributed by atoms with van der Waals surface area (Å²) in [5, 5.41) is 7.46. The number of nitrogens with one attached hydrogen (secondary N) is 1. The van der Waals surface area contributed by atoms with Crippen LogP contribution in [0.3, 0.4) is 0 Å². The van der Waals surface area contributed by atoms with Crippen LogP contribution in [0.2, 0.25) is 0 Å². The molecule has 2 unspecified atom stereocenters. The zero-order valence-electron chi connectivity index (χ0n) is 9.53. The molecule has 1 aliphatic heterocycles. The lowest BCUT2D eigenvalue weighted by atomic mass is 10.1. The maximum atomic E-state index is 5.88. The number of hydrogen-bond acceptors (Lipinski definition) is 3. The van der Waals surface area contributed by atoms with Crippen LogP contribution in [0.5, 0.6) is 0 Å². The highest BCUT2D eigenvalue weighted by Crippen LogP contribution is 2.23. The molecule has 15 heavy (non-hydrogen) atoms. The zero-order valence-corrected chi connectivity index (χ0v) is 9.53. The lowest BCUT2D eigenvalue weighted by Crippen LogP contribution is -2.26. The Bertz CT molecular complexity index is 320. The summed E-state index contributed by atoms with van der Waals surface area (Å²) in [5.74, 6) is 1.61. The highest BCUT2D eigenvalue weighted by molar-refractivity contribution is 5.41. The van der Waals surface area contributed by atoms with Crippen molar-refractivity contribution in [3.63, 3.8) is 0 Å². The van der Waals surface area contributed by atoms with Gasteiger partial charge in [-0.2, -0.15) is 5.10 Å². The first kappa shape index (κ1) is 10.5. The Kier molecular flexibility index (Phi) is 2.95. The van der Waals surface area contributed by atoms with Gasteiger partial charge in [0, 0.05) is 30.9 Å². The van der Waals surface area contributed by atoms with Crippen LogP contribution in [0, 0.1) is 0 Å². The van der Waals surface area contributed by atoms with E-state index in [2.05, 4.69) is 35.0 Å². The molecular weight excluding hydrogens is 188 g/mol. The van der Waals surface area contributed by atoms with Crippen LogP contribution in [0.15, 0.2) is 6.07 Å². The molecule has 2 heterocycles. The molecule has 1 aliphatic rings. The van der Waals surface area contributed by atoms with E-state index >= 15 is 0 Å². The van der Waals surface area contributed by atoms with E-state index in [0.717, 1.165) is 31.7 Å². The third-order valence-corrected chi connectivity index (χ3v) is 3.28. The van der Waals surface area contributed by atoms with Gasteiger partial charge in [-0.05, 0) is 18.8 Å². The second kappa shape index (κ2) is 4.23. The second-order valence-electron chi connectivity index (χ2n) is 4.49. The van der Waals surface area contributed by atoms with Crippen LogP contribution in [0.1, 0.15) is 38.3 Å². The van der Waals surface area contributed by atoms with E-state index in [0.29, 0.717) is 12.0 Å². The fourth-order valence-electron chi connectivity index (χ4n) is 1.96. The number of aromatic nitrogens is 2. The van der Waals surface area contributed by atoms with E-state index in [1.54, 1.807) is 0 Å². The van der Waals surface area contributed by atoms with E-state index < -0.39 is 0 Å². The highest BCUT2D eigenvalue weighted by atomic mass is 15.3. The molecule has 84 valence electrons. The number of anilines is 1. The molecule has 1 saturated heterocycles. The Balaban J connectivity index is 2.07. The average Bonchev–Trinajstić information content (AvgIpc) is 2.84. The van der Waals surface area contributed by atoms with Gasteiger partial charge in [0.15, 0.2) is 5.82 Å². The van der Waals surface area contributed by atoms with E-state index in [-0.39, 0.29) is 0 Å². The van der Waals surface area contributed by atoms with Crippen molar-refractivity contribution in [3.05, 3.63) is 11.8 Å².